The minimum Gasteiger partial charge on any atom is -0.481 e. The average molecular weight is 437 g/mol. The molecule has 10 nitrogen and oxygen atoms in total. The van der Waals surface area contributed by atoms with E-state index in [1.807, 2.05) is 12.1 Å². The number of hydrogen-bond acceptors (Lipinski definition) is 6. The van der Waals surface area contributed by atoms with E-state index >= 15 is 0 Å². The van der Waals surface area contributed by atoms with Crippen LogP contribution in [0.15, 0.2) is 30.5 Å². The van der Waals surface area contributed by atoms with Gasteiger partial charge >= 0.3 is 11.9 Å². The normalized spacial score (nSPS) is 15.0. The molecule has 2 rings (SSSR count). The van der Waals surface area contributed by atoms with Gasteiger partial charge in [0, 0.05) is 23.5 Å². The lowest BCUT2D eigenvalue weighted by Crippen LogP contribution is -2.54. The van der Waals surface area contributed by atoms with Crippen molar-refractivity contribution in [1.82, 2.24) is 15.6 Å². The van der Waals surface area contributed by atoms with E-state index in [9.17, 15) is 29.4 Å². The summed E-state index contributed by atoms with van der Waals surface area (Å²) in [5, 5.41) is 32.1. The Labute approximate surface area is 177 Å². The van der Waals surface area contributed by atoms with Gasteiger partial charge in [-0.1, -0.05) is 18.2 Å². The van der Waals surface area contributed by atoms with E-state index in [4.69, 9.17) is 5.11 Å². The summed E-state index contributed by atoms with van der Waals surface area (Å²) >= 11 is 3.91. The fourth-order valence-electron chi connectivity index (χ4n) is 2.85. The maximum atomic E-state index is 12.6. The Morgan fingerprint density at radius 1 is 1.07 bits per heavy atom. The highest BCUT2D eigenvalue weighted by Gasteiger charge is 2.31. The number of nitrogens with one attached hydrogen (secondary N) is 3. The van der Waals surface area contributed by atoms with Crippen LogP contribution in [0.2, 0.25) is 0 Å². The van der Waals surface area contributed by atoms with Gasteiger partial charge in [-0.3, -0.25) is 14.4 Å². The van der Waals surface area contributed by atoms with E-state index in [1.54, 1.807) is 18.3 Å². The summed E-state index contributed by atoms with van der Waals surface area (Å²) in [5.41, 5.74) is 1.46. The molecule has 0 bridgehead atoms. The quantitative estimate of drug-likeness (QED) is 0.255. The Morgan fingerprint density at radius 3 is 2.30 bits per heavy atom. The molecule has 0 saturated heterocycles. The summed E-state index contributed by atoms with van der Waals surface area (Å²) in [6, 6.07) is 4.35. The number of aliphatic hydroxyl groups excluding tert-OH is 1. The fraction of sp³-hybridized carbons (Fsp3) is 0.368. The van der Waals surface area contributed by atoms with Gasteiger partial charge in [-0.05, 0) is 18.6 Å². The predicted octanol–water partition coefficient (Wildman–Crippen LogP) is -0.0815. The molecule has 2 aromatic rings. The summed E-state index contributed by atoms with van der Waals surface area (Å²) in [6.45, 7) is 1.31. The lowest BCUT2D eigenvalue weighted by atomic mass is 10.0. The summed E-state index contributed by atoms with van der Waals surface area (Å²) in [6.07, 6.45) is -0.327. The molecule has 2 amide bonds. The molecule has 6 N–H and O–H groups in total. The number of carboxylic acid groups (broad SMARTS) is 2. The van der Waals surface area contributed by atoms with Crippen LogP contribution in [0.5, 0.6) is 0 Å². The molecule has 1 unspecified atom stereocenters. The SMILES string of the molecule is C[C@H](O)[C@H](S)C(=O)NC(CC(=O)O)C(=O)N[C@@H](Cc1c[nH]c2ccccc12)C(=O)O. The van der Waals surface area contributed by atoms with E-state index in [2.05, 4.69) is 28.2 Å². The Balaban J connectivity index is 2.16. The highest BCUT2D eigenvalue weighted by Crippen LogP contribution is 2.19. The molecule has 0 aliphatic rings. The van der Waals surface area contributed by atoms with Gasteiger partial charge in [0.15, 0.2) is 0 Å². The Bertz CT molecular complexity index is 943. The number of aromatic amines is 1. The molecular weight excluding hydrogens is 414 g/mol. The number of para-hydroxylation sites is 1. The number of fused-ring (bicyclic) bond motifs is 1. The number of thiol groups is 1. The maximum absolute atomic E-state index is 12.6. The van der Waals surface area contributed by atoms with E-state index in [0.29, 0.717) is 5.56 Å². The largest absolute Gasteiger partial charge is 0.481 e. The molecule has 11 heteroatoms. The van der Waals surface area contributed by atoms with Gasteiger partial charge in [0.05, 0.1) is 12.5 Å². The number of benzene rings is 1. The number of rotatable bonds is 10. The Hall–Kier alpha value is -3.05. The van der Waals surface area contributed by atoms with E-state index in [-0.39, 0.29) is 6.42 Å². The third-order valence-electron chi connectivity index (χ3n) is 4.45. The summed E-state index contributed by atoms with van der Waals surface area (Å²) < 4.78 is 0. The van der Waals surface area contributed by atoms with Crippen molar-refractivity contribution in [2.75, 3.05) is 0 Å². The van der Waals surface area contributed by atoms with Crippen molar-refractivity contribution in [3.8, 4) is 0 Å². The lowest BCUT2D eigenvalue weighted by molar-refractivity contribution is -0.143. The number of aliphatic carboxylic acids is 2. The van der Waals surface area contributed by atoms with Gasteiger partial charge in [-0.2, -0.15) is 12.6 Å². The minimum atomic E-state index is -1.53. The topological polar surface area (TPSA) is 169 Å². The van der Waals surface area contributed by atoms with E-state index in [1.165, 1.54) is 6.92 Å². The van der Waals surface area contributed by atoms with Gasteiger partial charge in [-0.15, -0.1) is 0 Å². The van der Waals surface area contributed by atoms with Crippen LogP contribution in [0.4, 0.5) is 0 Å². The highest BCUT2D eigenvalue weighted by atomic mass is 32.1. The molecule has 0 saturated carbocycles. The Morgan fingerprint density at radius 2 is 1.70 bits per heavy atom. The van der Waals surface area contributed by atoms with Gasteiger partial charge in [0.1, 0.15) is 17.3 Å². The number of H-pyrrole nitrogens is 1. The first-order chi connectivity index (χ1) is 14.1. The second-order valence-corrected chi connectivity index (χ2v) is 7.36. The van der Waals surface area contributed by atoms with Crippen LogP contribution >= 0.6 is 12.6 Å². The number of aliphatic hydroxyl groups is 1. The third-order valence-corrected chi connectivity index (χ3v) is 5.12. The van der Waals surface area contributed by atoms with Crippen LogP contribution in [-0.2, 0) is 25.6 Å². The molecular formula is C19H23N3O7S. The van der Waals surface area contributed by atoms with Crippen molar-refractivity contribution in [2.24, 2.45) is 0 Å². The maximum Gasteiger partial charge on any atom is 0.326 e. The minimum absolute atomic E-state index is 0.0539. The smallest absolute Gasteiger partial charge is 0.326 e. The van der Waals surface area contributed by atoms with Crippen molar-refractivity contribution < 1.29 is 34.5 Å². The molecule has 0 aliphatic heterocycles. The zero-order chi connectivity index (χ0) is 22.4. The number of carboxylic acids is 2. The molecule has 0 fully saturated rings. The first kappa shape index (κ1) is 23.2. The van der Waals surface area contributed by atoms with Crippen LogP contribution in [-0.4, -0.2) is 67.5 Å². The van der Waals surface area contributed by atoms with Crippen LogP contribution < -0.4 is 10.6 Å². The van der Waals surface area contributed by atoms with Crippen molar-refractivity contribution in [3.63, 3.8) is 0 Å². The standard InChI is InChI=1S/C19H23N3O7S/c1-9(23)16(30)18(27)21-13(7-15(24)25)17(26)22-14(19(28)29)6-10-8-20-12-5-3-2-4-11(10)12/h2-5,8-9,13-14,16,20,23,30H,6-7H2,1H3,(H,21,27)(H,22,26)(H,24,25)(H,28,29)/t9-,13?,14-,16-/m0/s1. The summed E-state index contributed by atoms with van der Waals surface area (Å²) in [5.74, 6) is -4.50. The monoisotopic (exact) mass is 437 g/mol. The zero-order valence-corrected chi connectivity index (χ0v) is 16.9. The first-order valence-electron chi connectivity index (χ1n) is 9.06. The van der Waals surface area contributed by atoms with Gasteiger partial charge in [0.25, 0.3) is 0 Å². The number of hydrogen-bond donors (Lipinski definition) is 7. The highest BCUT2D eigenvalue weighted by molar-refractivity contribution is 7.81. The first-order valence-corrected chi connectivity index (χ1v) is 9.58. The molecule has 1 aromatic heterocycles. The molecule has 0 aliphatic carbocycles. The number of amides is 2. The van der Waals surface area contributed by atoms with Crippen molar-refractivity contribution in [2.45, 2.75) is 43.2 Å². The van der Waals surface area contributed by atoms with Gasteiger partial charge in [-0.25, -0.2) is 4.79 Å². The molecule has 0 radical (unpaired) electrons. The number of carbonyl (C=O) groups is 4. The van der Waals surface area contributed by atoms with Crippen molar-refractivity contribution >= 4 is 47.3 Å². The van der Waals surface area contributed by atoms with E-state index < -0.39 is 53.6 Å². The average Bonchev–Trinajstić information content (AvgIpc) is 3.08. The third kappa shape index (κ3) is 5.97. The second kappa shape index (κ2) is 10.1. The molecule has 1 heterocycles. The fourth-order valence-corrected chi connectivity index (χ4v) is 2.93. The summed E-state index contributed by atoms with van der Waals surface area (Å²) in [4.78, 5) is 50.4. The van der Waals surface area contributed by atoms with Crippen LogP contribution in [0.25, 0.3) is 10.9 Å². The molecule has 162 valence electrons. The van der Waals surface area contributed by atoms with Crippen molar-refractivity contribution in [3.05, 3.63) is 36.0 Å². The van der Waals surface area contributed by atoms with E-state index in [0.717, 1.165) is 10.9 Å². The summed E-state index contributed by atoms with van der Waals surface area (Å²) in [7, 11) is 0. The predicted molar refractivity (Wildman–Crippen MR) is 110 cm³/mol. The lowest BCUT2D eigenvalue weighted by Gasteiger charge is -2.22. The van der Waals surface area contributed by atoms with Crippen LogP contribution in [0.1, 0.15) is 18.9 Å². The Kier molecular flexibility index (Phi) is 7.84. The molecule has 1 aromatic carbocycles. The second-order valence-electron chi connectivity index (χ2n) is 6.81. The molecule has 4 atom stereocenters. The van der Waals surface area contributed by atoms with Gasteiger partial charge in [0.2, 0.25) is 11.8 Å². The number of carbonyl (C=O) groups excluding carboxylic acids is 2. The van der Waals surface area contributed by atoms with Crippen LogP contribution in [0.3, 0.4) is 0 Å². The van der Waals surface area contributed by atoms with Crippen LogP contribution in [0, 0.1) is 0 Å². The molecule has 0 spiro atoms. The number of aromatic nitrogens is 1. The van der Waals surface area contributed by atoms with Crippen molar-refractivity contribution in [1.29, 1.82) is 0 Å². The molecule has 30 heavy (non-hydrogen) atoms. The zero-order valence-electron chi connectivity index (χ0n) is 16.0. The van der Waals surface area contributed by atoms with Gasteiger partial charge < -0.3 is 30.9 Å².